The van der Waals surface area contributed by atoms with Gasteiger partial charge in [0.15, 0.2) is 0 Å². The van der Waals surface area contributed by atoms with Gasteiger partial charge < -0.3 is 11.1 Å². The number of unbranched alkanes of at least 4 members (excludes halogenated alkanes) is 2. The molecule has 128 valence electrons. The SMILES string of the molecule is CCCCC(=O)NC(=S)c1c(N)n(C)c(=O)n(CCCC)c1=O. The number of hydrogen-bond acceptors (Lipinski definition) is 5. The average Bonchev–Trinajstić information content (AvgIpc) is 2.51. The van der Waals surface area contributed by atoms with Gasteiger partial charge in [0.25, 0.3) is 5.56 Å². The van der Waals surface area contributed by atoms with Crippen LogP contribution in [0.5, 0.6) is 0 Å². The van der Waals surface area contributed by atoms with Gasteiger partial charge in [-0.1, -0.05) is 38.9 Å². The van der Waals surface area contributed by atoms with Gasteiger partial charge in [-0.3, -0.25) is 18.7 Å². The molecular weight excluding hydrogens is 316 g/mol. The lowest BCUT2D eigenvalue weighted by Crippen LogP contribution is -2.45. The first-order chi connectivity index (χ1) is 10.8. The molecule has 0 aliphatic heterocycles. The van der Waals surface area contributed by atoms with Crippen molar-refractivity contribution in [3.8, 4) is 0 Å². The summed E-state index contributed by atoms with van der Waals surface area (Å²) in [5.41, 5.74) is 4.83. The van der Waals surface area contributed by atoms with E-state index in [2.05, 4.69) is 5.32 Å². The van der Waals surface area contributed by atoms with Crippen LogP contribution in [0.4, 0.5) is 5.82 Å². The molecule has 3 N–H and O–H groups in total. The number of anilines is 1. The van der Waals surface area contributed by atoms with Crippen molar-refractivity contribution in [2.75, 3.05) is 5.73 Å². The molecule has 1 heterocycles. The zero-order valence-electron chi connectivity index (χ0n) is 13.8. The van der Waals surface area contributed by atoms with Crippen LogP contribution in [0.15, 0.2) is 9.59 Å². The Kier molecular flexibility index (Phi) is 7.15. The van der Waals surface area contributed by atoms with E-state index in [1.165, 1.54) is 11.6 Å². The molecule has 0 saturated heterocycles. The van der Waals surface area contributed by atoms with Gasteiger partial charge in [0, 0.05) is 20.0 Å². The van der Waals surface area contributed by atoms with Crippen molar-refractivity contribution in [1.29, 1.82) is 0 Å². The van der Waals surface area contributed by atoms with Gasteiger partial charge in [-0.25, -0.2) is 4.79 Å². The van der Waals surface area contributed by atoms with Crippen LogP contribution in [0, 0.1) is 0 Å². The first kappa shape index (κ1) is 19.1. The number of carbonyl (C=O) groups excluding carboxylic acids is 1. The van der Waals surface area contributed by atoms with Crippen LogP contribution >= 0.6 is 12.2 Å². The summed E-state index contributed by atoms with van der Waals surface area (Å²) in [5.74, 6) is -0.293. The Morgan fingerprint density at radius 3 is 2.39 bits per heavy atom. The molecule has 0 bridgehead atoms. The highest BCUT2D eigenvalue weighted by Crippen LogP contribution is 2.05. The molecule has 0 fully saturated rings. The molecule has 0 aliphatic carbocycles. The highest BCUT2D eigenvalue weighted by atomic mass is 32.1. The second-order valence-corrected chi connectivity index (χ2v) is 5.80. The molecular formula is C15H24N4O3S. The second kappa shape index (κ2) is 8.61. The molecule has 0 aliphatic rings. The summed E-state index contributed by atoms with van der Waals surface area (Å²) in [4.78, 5) is 36.5. The highest BCUT2D eigenvalue weighted by molar-refractivity contribution is 7.80. The fourth-order valence-corrected chi connectivity index (χ4v) is 2.40. The maximum atomic E-state index is 12.5. The van der Waals surface area contributed by atoms with Crippen molar-refractivity contribution in [1.82, 2.24) is 14.5 Å². The van der Waals surface area contributed by atoms with Crippen LogP contribution in [-0.4, -0.2) is 20.0 Å². The maximum absolute atomic E-state index is 12.5. The minimum Gasteiger partial charge on any atom is -0.384 e. The van der Waals surface area contributed by atoms with Crippen molar-refractivity contribution < 1.29 is 4.79 Å². The minimum atomic E-state index is -0.556. The number of rotatable bonds is 7. The van der Waals surface area contributed by atoms with Crippen molar-refractivity contribution in [3.05, 3.63) is 26.4 Å². The first-order valence-electron chi connectivity index (χ1n) is 7.78. The number of nitrogens with zero attached hydrogens (tertiary/aromatic N) is 2. The number of amides is 1. The van der Waals surface area contributed by atoms with Crippen LogP contribution in [0.3, 0.4) is 0 Å². The molecule has 0 saturated carbocycles. The Labute approximate surface area is 140 Å². The van der Waals surface area contributed by atoms with Gasteiger partial charge in [0.05, 0.1) is 0 Å². The van der Waals surface area contributed by atoms with E-state index >= 15 is 0 Å². The van der Waals surface area contributed by atoms with Crippen molar-refractivity contribution >= 4 is 28.9 Å². The fourth-order valence-electron chi connectivity index (χ4n) is 2.10. The molecule has 0 atom stereocenters. The predicted octanol–water partition coefficient (Wildman–Crippen LogP) is 0.911. The Morgan fingerprint density at radius 1 is 1.22 bits per heavy atom. The molecule has 1 rings (SSSR count). The van der Waals surface area contributed by atoms with Crippen molar-refractivity contribution in [3.63, 3.8) is 0 Å². The zero-order chi connectivity index (χ0) is 17.6. The lowest BCUT2D eigenvalue weighted by atomic mass is 10.2. The van der Waals surface area contributed by atoms with Crippen LogP contribution in [0.2, 0.25) is 0 Å². The number of nitrogens with two attached hydrogens (primary N) is 1. The Balaban J connectivity index is 3.22. The highest BCUT2D eigenvalue weighted by Gasteiger charge is 2.19. The number of thiocarbonyl (C=S) groups is 1. The third-order valence-electron chi connectivity index (χ3n) is 3.57. The van der Waals surface area contributed by atoms with E-state index in [1.54, 1.807) is 0 Å². The Bertz CT molecular complexity index is 706. The molecule has 23 heavy (non-hydrogen) atoms. The van der Waals surface area contributed by atoms with Gasteiger partial charge in [0.2, 0.25) is 5.91 Å². The topological polar surface area (TPSA) is 99.1 Å². The first-order valence-corrected chi connectivity index (χ1v) is 8.19. The standard InChI is InChI=1S/C15H24N4O3S/c1-4-6-8-10(20)17-13(23)11-12(16)18(3)15(22)19(14(11)21)9-7-5-2/h4-9,16H2,1-3H3,(H,17,20,23). The summed E-state index contributed by atoms with van der Waals surface area (Å²) in [6, 6.07) is 0. The third kappa shape index (κ3) is 4.51. The lowest BCUT2D eigenvalue weighted by Gasteiger charge is -2.14. The van der Waals surface area contributed by atoms with E-state index in [4.69, 9.17) is 18.0 Å². The number of nitrogens with one attached hydrogen (secondary N) is 1. The van der Waals surface area contributed by atoms with E-state index in [9.17, 15) is 14.4 Å². The summed E-state index contributed by atoms with van der Waals surface area (Å²) in [6.45, 7) is 4.23. The average molecular weight is 340 g/mol. The smallest absolute Gasteiger partial charge is 0.332 e. The molecule has 1 aromatic rings. The van der Waals surface area contributed by atoms with Gasteiger partial charge in [-0.2, -0.15) is 0 Å². The van der Waals surface area contributed by atoms with Crippen molar-refractivity contribution in [2.45, 2.75) is 52.5 Å². The monoisotopic (exact) mass is 340 g/mol. The molecule has 8 heteroatoms. The molecule has 0 radical (unpaired) electrons. The van der Waals surface area contributed by atoms with Crippen LogP contribution in [0.1, 0.15) is 51.5 Å². The Hall–Kier alpha value is -1.96. The molecule has 7 nitrogen and oxygen atoms in total. The van der Waals surface area contributed by atoms with E-state index < -0.39 is 11.2 Å². The molecule has 0 unspecified atom stereocenters. The fraction of sp³-hybridized carbons (Fsp3) is 0.600. The largest absolute Gasteiger partial charge is 0.384 e. The lowest BCUT2D eigenvalue weighted by molar-refractivity contribution is -0.119. The van der Waals surface area contributed by atoms with Gasteiger partial charge in [-0.15, -0.1) is 0 Å². The number of hydrogen-bond donors (Lipinski definition) is 2. The van der Waals surface area contributed by atoms with Gasteiger partial charge in [0.1, 0.15) is 16.4 Å². The number of nitrogen functional groups attached to an aromatic ring is 1. The van der Waals surface area contributed by atoms with Crippen molar-refractivity contribution in [2.24, 2.45) is 7.05 Å². The summed E-state index contributed by atoms with van der Waals surface area (Å²) < 4.78 is 2.29. The third-order valence-corrected chi connectivity index (χ3v) is 3.87. The Morgan fingerprint density at radius 2 is 1.83 bits per heavy atom. The van der Waals surface area contributed by atoms with Gasteiger partial charge >= 0.3 is 5.69 Å². The van der Waals surface area contributed by atoms with Crippen LogP contribution in [-0.2, 0) is 18.4 Å². The van der Waals surface area contributed by atoms with E-state index in [1.807, 2.05) is 13.8 Å². The number of carbonyl (C=O) groups is 1. The van der Waals surface area contributed by atoms with Gasteiger partial charge in [-0.05, 0) is 12.8 Å². The maximum Gasteiger partial charge on any atom is 0.332 e. The quantitative estimate of drug-likeness (QED) is 0.719. The number of aromatic nitrogens is 2. The van der Waals surface area contributed by atoms with E-state index in [0.717, 1.165) is 23.8 Å². The normalized spacial score (nSPS) is 10.6. The van der Waals surface area contributed by atoms with E-state index in [-0.39, 0.29) is 22.3 Å². The second-order valence-electron chi connectivity index (χ2n) is 5.39. The summed E-state index contributed by atoms with van der Waals surface area (Å²) >= 11 is 5.16. The predicted molar refractivity (Wildman–Crippen MR) is 94.6 cm³/mol. The zero-order valence-corrected chi connectivity index (χ0v) is 14.7. The molecule has 0 aromatic carbocycles. The van der Waals surface area contributed by atoms with Crippen LogP contribution in [0.25, 0.3) is 0 Å². The molecule has 1 amide bonds. The molecule has 0 spiro atoms. The molecule has 1 aromatic heterocycles. The summed E-state index contributed by atoms with van der Waals surface area (Å²) in [5, 5.41) is 2.53. The summed E-state index contributed by atoms with van der Waals surface area (Å²) in [7, 11) is 1.48. The summed E-state index contributed by atoms with van der Waals surface area (Å²) in [6.07, 6.45) is 3.47. The minimum absolute atomic E-state index is 0.00283. The van der Waals surface area contributed by atoms with E-state index in [0.29, 0.717) is 19.4 Å². The van der Waals surface area contributed by atoms with Crippen LogP contribution < -0.4 is 22.3 Å².